The van der Waals surface area contributed by atoms with Crippen LogP contribution in [0.15, 0.2) is 12.7 Å². The van der Waals surface area contributed by atoms with Crippen molar-refractivity contribution in [1.82, 2.24) is 0 Å². The van der Waals surface area contributed by atoms with Crippen LogP contribution in [0.1, 0.15) is 0 Å². The van der Waals surface area contributed by atoms with E-state index in [9.17, 15) is 0 Å². The lowest BCUT2D eigenvalue weighted by Gasteiger charge is -2.14. The summed E-state index contributed by atoms with van der Waals surface area (Å²) in [6.45, 7) is 6.06. The maximum atomic E-state index is 5.53. The van der Waals surface area contributed by atoms with Crippen molar-refractivity contribution in [3.05, 3.63) is 12.7 Å². The summed E-state index contributed by atoms with van der Waals surface area (Å²) in [5.74, 6) is 0. The third-order valence-corrected chi connectivity index (χ3v) is 3.47. The van der Waals surface area contributed by atoms with Crippen LogP contribution in [0.5, 0.6) is 0 Å². The molecule has 0 saturated carbocycles. The zero-order valence-corrected chi connectivity index (χ0v) is 10.2. The van der Waals surface area contributed by atoms with Crippen LogP contribution in [-0.2, 0) is 18.3 Å². The van der Waals surface area contributed by atoms with Crippen LogP contribution in [0.25, 0.3) is 0 Å². The summed E-state index contributed by atoms with van der Waals surface area (Å²) < 4.78 is 20.8. The number of hydrogen-bond acceptors (Lipinski definition) is 4. The molecule has 0 aliphatic rings. The molecule has 0 aliphatic carbocycles. The largest absolute Gasteiger partial charge is 0.394 e. The lowest BCUT2D eigenvalue weighted by atomic mass is 10.8. The van der Waals surface area contributed by atoms with Crippen LogP contribution in [0.2, 0.25) is 6.04 Å². The van der Waals surface area contributed by atoms with Gasteiger partial charge in [-0.1, -0.05) is 6.08 Å². The molecule has 84 valence electrons. The Balaban J connectivity index is 3.49. The molecule has 0 fully saturated rings. The third-order valence-electron chi connectivity index (χ3n) is 1.54. The van der Waals surface area contributed by atoms with Gasteiger partial charge in [-0.3, -0.25) is 0 Å². The van der Waals surface area contributed by atoms with Gasteiger partial charge in [-0.2, -0.15) is 0 Å². The minimum atomic E-state index is -1.58. The Kier molecular flexibility index (Phi) is 10.7. The summed E-state index contributed by atoms with van der Waals surface area (Å²) in [4.78, 5) is 0. The topological polar surface area (TPSA) is 36.9 Å². The van der Waals surface area contributed by atoms with Gasteiger partial charge in [0, 0.05) is 20.3 Å². The fourth-order valence-electron chi connectivity index (χ4n) is 0.846. The number of rotatable bonds is 10. The summed E-state index contributed by atoms with van der Waals surface area (Å²) in [6.07, 6.45) is 1.83. The molecular weight excluding hydrogens is 200 g/mol. The minimum absolute atomic E-state index is 0.591. The second-order valence-corrected chi connectivity index (χ2v) is 4.68. The molecule has 4 nitrogen and oxygen atoms in total. The number of methoxy groups -OCH3 is 2. The maximum absolute atomic E-state index is 5.53. The zero-order valence-electron chi connectivity index (χ0n) is 9.03. The first kappa shape index (κ1) is 13.8. The fraction of sp³-hybridized carbons (Fsp3) is 0.778. The van der Waals surface area contributed by atoms with Gasteiger partial charge in [0.1, 0.15) is 0 Å². The highest BCUT2D eigenvalue weighted by Gasteiger charge is 2.10. The number of hydrogen-bond donors (Lipinski definition) is 0. The summed E-state index contributed by atoms with van der Waals surface area (Å²) >= 11 is 0. The van der Waals surface area contributed by atoms with Crippen LogP contribution in [0.3, 0.4) is 0 Å². The van der Waals surface area contributed by atoms with E-state index in [1.165, 1.54) is 0 Å². The molecule has 14 heavy (non-hydrogen) atoms. The Hall–Kier alpha value is -0.203. The van der Waals surface area contributed by atoms with Crippen LogP contribution < -0.4 is 0 Å². The molecule has 0 N–H and O–H groups in total. The SMILES string of the molecule is C=CC[SiH](OCCOC)OCCOC. The average molecular weight is 220 g/mol. The first-order valence-electron chi connectivity index (χ1n) is 4.67. The van der Waals surface area contributed by atoms with Crippen LogP contribution in [0.4, 0.5) is 0 Å². The van der Waals surface area contributed by atoms with Gasteiger partial charge in [0.25, 0.3) is 0 Å². The van der Waals surface area contributed by atoms with Gasteiger partial charge < -0.3 is 18.3 Å². The predicted molar refractivity (Wildman–Crippen MR) is 57.8 cm³/mol. The molecule has 0 radical (unpaired) electrons. The summed E-state index contributed by atoms with van der Waals surface area (Å²) in [6, 6.07) is 0.813. The van der Waals surface area contributed by atoms with Crippen LogP contribution >= 0.6 is 0 Å². The second kappa shape index (κ2) is 10.9. The molecule has 0 saturated heterocycles. The Labute approximate surface area is 87.6 Å². The number of ether oxygens (including phenoxy) is 2. The lowest BCUT2D eigenvalue weighted by Crippen LogP contribution is -2.25. The first-order valence-corrected chi connectivity index (χ1v) is 6.43. The van der Waals surface area contributed by atoms with Crippen molar-refractivity contribution in [3.63, 3.8) is 0 Å². The van der Waals surface area contributed by atoms with Gasteiger partial charge in [-0.15, -0.1) is 6.58 Å². The Morgan fingerprint density at radius 3 is 1.86 bits per heavy atom. The molecule has 0 aromatic carbocycles. The van der Waals surface area contributed by atoms with Crippen molar-refractivity contribution in [2.24, 2.45) is 0 Å². The standard InChI is InChI=1S/C9H20O4Si/c1-4-9-14(12-7-5-10-2)13-8-6-11-3/h4,14H,1,5-9H2,2-3H3. The molecule has 0 rings (SSSR count). The summed E-state index contributed by atoms with van der Waals surface area (Å²) in [5.41, 5.74) is 0. The van der Waals surface area contributed by atoms with E-state index in [1.54, 1.807) is 14.2 Å². The molecule has 0 aromatic heterocycles. The molecule has 0 unspecified atom stereocenters. The molecular formula is C9H20O4Si. The van der Waals surface area contributed by atoms with E-state index in [0.717, 1.165) is 6.04 Å². The van der Waals surface area contributed by atoms with Gasteiger partial charge >= 0.3 is 9.28 Å². The molecule has 0 heterocycles. The van der Waals surface area contributed by atoms with E-state index in [1.807, 2.05) is 6.08 Å². The Bertz CT molecular complexity index is 122. The van der Waals surface area contributed by atoms with Crippen molar-refractivity contribution in [2.45, 2.75) is 6.04 Å². The van der Waals surface area contributed by atoms with Crippen molar-refractivity contribution < 1.29 is 18.3 Å². The summed E-state index contributed by atoms with van der Waals surface area (Å²) in [7, 11) is 1.73. The first-order chi connectivity index (χ1) is 6.85. The van der Waals surface area contributed by atoms with Crippen LogP contribution in [-0.4, -0.2) is 49.9 Å². The Morgan fingerprint density at radius 2 is 1.50 bits per heavy atom. The van der Waals surface area contributed by atoms with E-state index in [4.69, 9.17) is 18.3 Å². The van der Waals surface area contributed by atoms with Gasteiger partial charge in [-0.05, 0) is 0 Å². The molecule has 0 spiro atoms. The van der Waals surface area contributed by atoms with E-state index >= 15 is 0 Å². The second-order valence-electron chi connectivity index (χ2n) is 2.68. The van der Waals surface area contributed by atoms with Gasteiger partial charge in [0.15, 0.2) is 0 Å². The molecule has 0 aliphatic heterocycles. The highest BCUT2D eigenvalue weighted by molar-refractivity contribution is 6.45. The molecule has 0 bridgehead atoms. The minimum Gasteiger partial charge on any atom is -0.394 e. The van der Waals surface area contributed by atoms with E-state index in [0.29, 0.717) is 26.4 Å². The molecule has 0 amide bonds. The molecule has 5 heteroatoms. The normalized spacial score (nSPS) is 10.8. The van der Waals surface area contributed by atoms with Crippen molar-refractivity contribution in [3.8, 4) is 0 Å². The van der Waals surface area contributed by atoms with E-state index in [-0.39, 0.29) is 0 Å². The van der Waals surface area contributed by atoms with Crippen molar-refractivity contribution in [1.29, 1.82) is 0 Å². The van der Waals surface area contributed by atoms with E-state index < -0.39 is 9.28 Å². The third kappa shape index (κ3) is 8.40. The molecule has 0 atom stereocenters. The van der Waals surface area contributed by atoms with Crippen molar-refractivity contribution >= 4 is 9.28 Å². The smallest absolute Gasteiger partial charge is 0.325 e. The van der Waals surface area contributed by atoms with Gasteiger partial charge in [0.05, 0.1) is 26.4 Å². The lowest BCUT2D eigenvalue weighted by molar-refractivity contribution is 0.101. The highest BCUT2D eigenvalue weighted by atomic mass is 28.3. The summed E-state index contributed by atoms with van der Waals surface area (Å²) in [5, 5.41) is 0. The quantitative estimate of drug-likeness (QED) is 0.309. The number of allylic oxidation sites excluding steroid dienone is 1. The maximum Gasteiger partial charge on any atom is 0.325 e. The average Bonchev–Trinajstić information content (AvgIpc) is 2.18. The highest BCUT2D eigenvalue weighted by Crippen LogP contribution is 1.98. The zero-order chi connectivity index (χ0) is 10.6. The predicted octanol–water partition coefficient (Wildman–Crippen LogP) is 0.719. The Morgan fingerprint density at radius 1 is 1.00 bits per heavy atom. The van der Waals surface area contributed by atoms with Gasteiger partial charge in [0.2, 0.25) is 0 Å². The fourth-order valence-corrected chi connectivity index (χ4v) is 2.20. The van der Waals surface area contributed by atoms with E-state index in [2.05, 4.69) is 6.58 Å². The van der Waals surface area contributed by atoms with Gasteiger partial charge in [-0.25, -0.2) is 0 Å². The molecule has 0 aromatic rings. The monoisotopic (exact) mass is 220 g/mol. The van der Waals surface area contributed by atoms with Crippen LogP contribution in [0, 0.1) is 0 Å². The van der Waals surface area contributed by atoms with Crippen molar-refractivity contribution in [2.75, 3.05) is 40.6 Å².